The summed E-state index contributed by atoms with van der Waals surface area (Å²) in [5.41, 5.74) is 11.6. The monoisotopic (exact) mass is 158 g/mol. The van der Waals surface area contributed by atoms with Crippen molar-refractivity contribution in [2.45, 2.75) is 39.5 Å². The summed E-state index contributed by atoms with van der Waals surface area (Å²) in [6, 6.07) is 0. The second kappa shape index (κ2) is 5.56. The average Bonchev–Trinajstić information content (AvgIpc) is 2.04. The molecule has 1 unspecified atom stereocenters. The molecule has 2 nitrogen and oxygen atoms in total. The fourth-order valence-corrected chi connectivity index (χ4v) is 1.66. The van der Waals surface area contributed by atoms with Gasteiger partial charge in [0.15, 0.2) is 0 Å². The van der Waals surface area contributed by atoms with E-state index in [-0.39, 0.29) is 0 Å². The first kappa shape index (κ1) is 10.9. The van der Waals surface area contributed by atoms with Crippen LogP contribution in [0.2, 0.25) is 0 Å². The van der Waals surface area contributed by atoms with Gasteiger partial charge in [0.05, 0.1) is 0 Å². The van der Waals surface area contributed by atoms with Crippen LogP contribution in [0.4, 0.5) is 0 Å². The molecule has 0 aromatic heterocycles. The van der Waals surface area contributed by atoms with E-state index in [0.717, 1.165) is 25.9 Å². The molecular weight excluding hydrogens is 136 g/mol. The van der Waals surface area contributed by atoms with E-state index in [1.165, 1.54) is 12.8 Å². The van der Waals surface area contributed by atoms with Gasteiger partial charge in [0.2, 0.25) is 0 Å². The van der Waals surface area contributed by atoms with Crippen LogP contribution in [0.25, 0.3) is 0 Å². The molecular formula is C9H22N2. The van der Waals surface area contributed by atoms with Crippen LogP contribution >= 0.6 is 0 Å². The summed E-state index contributed by atoms with van der Waals surface area (Å²) in [6.07, 6.45) is 4.67. The highest BCUT2D eigenvalue weighted by atomic mass is 14.6. The quantitative estimate of drug-likeness (QED) is 0.615. The number of nitrogens with two attached hydrogens (primary N) is 2. The van der Waals surface area contributed by atoms with Crippen LogP contribution in [-0.4, -0.2) is 13.1 Å². The lowest BCUT2D eigenvalue weighted by Gasteiger charge is -2.30. The van der Waals surface area contributed by atoms with Crippen molar-refractivity contribution in [3.63, 3.8) is 0 Å². The lowest BCUT2D eigenvalue weighted by molar-refractivity contribution is 0.241. The van der Waals surface area contributed by atoms with Crippen molar-refractivity contribution < 1.29 is 0 Å². The SMILES string of the molecule is CCCC(CC)(CN)CCN. The maximum atomic E-state index is 5.73. The van der Waals surface area contributed by atoms with E-state index in [2.05, 4.69) is 13.8 Å². The van der Waals surface area contributed by atoms with Gasteiger partial charge in [0.1, 0.15) is 0 Å². The summed E-state index contributed by atoms with van der Waals surface area (Å²) in [6.45, 7) is 5.97. The zero-order valence-electron chi connectivity index (χ0n) is 7.90. The van der Waals surface area contributed by atoms with Gasteiger partial charge in [-0.05, 0) is 37.8 Å². The van der Waals surface area contributed by atoms with Gasteiger partial charge < -0.3 is 11.5 Å². The summed E-state index contributed by atoms with van der Waals surface area (Å²) in [5.74, 6) is 0. The third kappa shape index (κ3) is 3.21. The normalized spacial score (nSPS) is 16.4. The van der Waals surface area contributed by atoms with Gasteiger partial charge >= 0.3 is 0 Å². The van der Waals surface area contributed by atoms with E-state index in [9.17, 15) is 0 Å². The van der Waals surface area contributed by atoms with E-state index in [0.29, 0.717) is 5.41 Å². The van der Waals surface area contributed by atoms with Crippen molar-refractivity contribution in [2.24, 2.45) is 16.9 Å². The van der Waals surface area contributed by atoms with E-state index in [1.807, 2.05) is 0 Å². The minimum Gasteiger partial charge on any atom is -0.330 e. The van der Waals surface area contributed by atoms with E-state index in [4.69, 9.17) is 11.5 Å². The van der Waals surface area contributed by atoms with Crippen LogP contribution in [0.5, 0.6) is 0 Å². The predicted octanol–water partition coefficient (Wildman–Crippen LogP) is 1.49. The topological polar surface area (TPSA) is 52.0 Å². The Hall–Kier alpha value is -0.0800. The molecule has 0 radical (unpaired) electrons. The molecule has 2 heteroatoms. The van der Waals surface area contributed by atoms with Gasteiger partial charge in [0.25, 0.3) is 0 Å². The third-order valence-corrected chi connectivity index (χ3v) is 2.64. The summed E-state index contributed by atoms with van der Waals surface area (Å²) < 4.78 is 0. The first-order valence-corrected chi connectivity index (χ1v) is 4.64. The Labute approximate surface area is 70.3 Å². The lowest BCUT2D eigenvalue weighted by atomic mass is 9.78. The summed E-state index contributed by atoms with van der Waals surface area (Å²) >= 11 is 0. The van der Waals surface area contributed by atoms with Gasteiger partial charge in [-0.25, -0.2) is 0 Å². The molecule has 0 amide bonds. The van der Waals surface area contributed by atoms with Crippen molar-refractivity contribution in [3.05, 3.63) is 0 Å². The molecule has 0 saturated carbocycles. The molecule has 0 spiro atoms. The molecule has 0 fully saturated rings. The molecule has 0 bridgehead atoms. The number of hydrogen-bond donors (Lipinski definition) is 2. The predicted molar refractivity (Wildman–Crippen MR) is 50.4 cm³/mol. The molecule has 0 heterocycles. The van der Waals surface area contributed by atoms with Crippen LogP contribution in [0.15, 0.2) is 0 Å². The molecule has 0 aromatic carbocycles. The zero-order chi connectivity index (χ0) is 8.74. The molecule has 4 N–H and O–H groups in total. The number of hydrogen-bond acceptors (Lipinski definition) is 2. The summed E-state index contributed by atoms with van der Waals surface area (Å²) in [4.78, 5) is 0. The Kier molecular flexibility index (Phi) is 5.51. The first-order valence-electron chi connectivity index (χ1n) is 4.64. The zero-order valence-corrected chi connectivity index (χ0v) is 7.90. The highest BCUT2D eigenvalue weighted by Gasteiger charge is 2.23. The van der Waals surface area contributed by atoms with Gasteiger partial charge in [-0.2, -0.15) is 0 Å². The van der Waals surface area contributed by atoms with Crippen molar-refractivity contribution >= 4 is 0 Å². The van der Waals surface area contributed by atoms with Gasteiger partial charge in [-0.1, -0.05) is 20.3 Å². The molecule has 0 saturated heterocycles. The molecule has 68 valence electrons. The Bertz CT molecular complexity index is 79.6. The van der Waals surface area contributed by atoms with Crippen LogP contribution in [0.3, 0.4) is 0 Å². The van der Waals surface area contributed by atoms with Crippen molar-refractivity contribution in [1.29, 1.82) is 0 Å². The molecule has 0 rings (SSSR count). The highest BCUT2D eigenvalue weighted by Crippen LogP contribution is 2.29. The van der Waals surface area contributed by atoms with Crippen LogP contribution in [-0.2, 0) is 0 Å². The average molecular weight is 158 g/mol. The second-order valence-electron chi connectivity index (χ2n) is 3.35. The highest BCUT2D eigenvalue weighted by molar-refractivity contribution is 4.78. The smallest absolute Gasteiger partial charge is 0.00202 e. The fourth-order valence-electron chi connectivity index (χ4n) is 1.66. The number of rotatable bonds is 6. The molecule has 0 aliphatic carbocycles. The molecule has 1 atom stereocenters. The molecule has 11 heavy (non-hydrogen) atoms. The Morgan fingerprint density at radius 3 is 2.00 bits per heavy atom. The largest absolute Gasteiger partial charge is 0.330 e. The van der Waals surface area contributed by atoms with Crippen LogP contribution in [0, 0.1) is 5.41 Å². The minimum atomic E-state index is 0.337. The van der Waals surface area contributed by atoms with E-state index < -0.39 is 0 Å². The van der Waals surface area contributed by atoms with Gasteiger partial charge in [-0.3, -0.25) is 0 Å². The van der Waals surface area contributed by atoms with Crippen molar-refractivity contribution in [2.75, 3.05) is 13.1 Å². The maximum absolute atomic E-state index is 5.73. The lowest BCUT2D eigenvalue weighted by Crippen LogP contribution is -2.32. The molecule has 0 aromatic rings. The third-order valence-electron chi connectivity index (χ3n) is 2.64. The van der Waals surface area contributed by atoms with Crippen LogP contribution in [0.1, 0.15) is 39.5 Å². The Balaban J connectivity index is 3.96. The van der Waals surface area contributed by atoms with E-state index >= 15 is 0 Å². The fraction of sp³-hybridized carbons (Fsp3) is 1.00. The van der Waals surface area contributed by atoms with Crippen LogP contribution < -0.4 is 11.5 Å². The van der Waals surface area contributed by atoms with Gasteiger partial charge in [0, 0.05) is 0 Å². The maximum Gasteiger partial charge on any atom is -0.00202 e. The Morgan fingerprint density at radius 2 is 1.73 bits per heavy atom. The first-order chi connectivity index (χ1) is 5.24. The van der Waals surface area contributed by atoms with Crippen molar-refractivity contribution in [3.8, 4) is 0 Å². The standard InChI is InChI=1S/C9H22N2/c1-3-5-9(4-2,8-11)6-7-10/h3-8,10-11H2,1-2H3. The molecule has 0 aliphatic rings. The van der Waals surface area contributed by atoms with Crippen molar-refractivity contribution in [1.82, 2.24) is 0 Å². The van der Waals surface area contributed by atoms with E-state index in [1.54, 1.807) is 0 Å². The summed E-state index contributed by atoms with van der Waals surface area (Å²) in [7, 11) is 0. The second-order valence-corrected chi connectivity index (χ2v) is 3.35. The molecule has 0 aliphatic heterocycles. The Morgan fingerprint density at radius 1 is 1.09 bits per heavy atom. The minimum absolute atomic E-state index is 0.337. The van der Waals surface area contributed by atoms with Gasteiger partial charge in [-0.15, -0.1) is 0 Å². The summed E-state index contributed by atoms with van der Waals surface area (Å²) in [5, 5.41) is 0.